The van der Waals surface area contributed by atoms with Gasteiger partial charge >= 0.3 is 0 Å². The maximum Gasteiger partial charge on any atom is 0.284 e. The Hall–Kier alpha value is -1.99. The average Bonchev–Trinajstić information content (AvgIpc) is 3.06. The van der Waals surface area contributed by atoms with Crippen molar-refractivity contribution in [2.45, 2.75) is 38.7 Å². The highest BCUT2D eigenvalue weighted by Crippen LogP contribution is 2.26. The van der Waals surface area contributed by atoms with Gasteiger partial charge < -0.3 is 14.5 Å². The van der Waals surface area contributed by atoms with Gasteiger partial charge in [0.2, 0.25) is 5.89 Å². The summed E-state index contributed by atoms with van der Waals surface area (Å²) >= 11 is 4.85. The topological polar surface area (TPSA) is 80.1 Å². The van der Waals surface area contributed by atoms with E-state index < -0.39 is 0 Å². The van der Waals surface area contributed by atoms with Crippen LogP contribution in [0.2, 0.25) is 0 Å². The minimum absolute atomic E-state index is 0.116. The van der Waals surface area contributed by atoms with Crippen LogP contribution in [0.5, 0.6) is 0 Å². The molecule has 1 amide bonds. The summed E-state index contributed by atoms with van der Waals surface area (Å²) in [5, 5.41) is 9.42. The highest BCUT2D eigenvalue weighted by Gasteiger charge is 2.21. The molecule has 1 fully saturated rings. The number of H-pyrrole nitrogens is 1. The quantitative estimate of drug-likeness (QED) is 0.605. The molecular formula is C18H23N3O3S. The standard InChI is InChI=1S/C18H23N3O3S/c1-12-4-2-3-5-15(12)23-11-10-19-16(22)13-6-8-14(9-7-13)17-20-21-18(25)24-17/h6-9,12,15H,2-5,10-11H2,1H3,(H,19,22)(H,21,25)/t12-,15-/m0/s1. The molecule has 25 heavy (non-hydrogen) atoms. The molecule has 2 aromatic rings. The average molecular weight is 361 g/mol. The predicted octanol–water partition coefficient (Wildman–Crippen LogP) is 3.72. The molecule has 1 heterocycles. The lowest BCUT2D eigenvalue weighted by Crippen LogP contribution is -2.31. The molecule has 3 rings (SSSR count). The molecule has 1 aromatic heterocycles. The summed E-state index contributed by atoms with van der Waals surface area (Å²) in [4.78, 5) is 12.4. The molecule has 0 bridgehead atoms. The number of rotatable bonds is 6. The summed E-state index contributed by atoms with van der Waals surface area (Å²) in [7, 11) is 0. The number of amides is 1. The second kappa shape index (κ2) is 8.40. The summed E-state index contributed by atoms with van der Waals surface area (Å²) in [6.07, 6.45) is 5.23. The molecule has 7 heteroatoms. The summed E-state index contributed by atoms with van der Waals surface area (Å²) in [6.45, 7) is 3.30. The van der Waals surface area contributed by atoms with E-state index in [-0.39, 0.29) is 10.7 Å². The maximum atomic E-state index is 12.2. The first kappa shape index (κ1) is 17.8. The Morgan fingerprint density at radius 3 is 2.80 bits per heavy atom. The van der Waals surface area contributed by atoms with Crippen LogP contribution in [0.1, 0.15) is 43.0 Å². The fraction of sp³-hybridized carbons (Fsp3) is 0.500. The van der Waals surface area contributed by atoms with Crippen molar-refractivity contribution >= 4 is 18.1 Å². The van der Waals surface area contributed by atoms with E-state index in [4.69, 9.17) is 21.4 Å². The molecule has 0 radical (unpaired) electrons. The second-order valence-electron chi connectivity index (χ2n) is 6.42. The largest absolute Gasteiger partial charge is 0.409 e. The number of benzene rings is 1. The van der Waals surface area contributed by atoms with Crippen LogP contribution in [0.4, 0.5) is 0 Å². The second-order valence-corrected chi connectivity index (χ2v) is 6.79. The van der Waals surface area contributed by atoms with E-state index in [1.165, 1.54) is 19.3 Å². The van der Waals surface area contributed by atoms with Gasteiger partial charge in [0, 0.05) is 17.7 Å². The molecule has 0 spiro atoms. The summed E-state index contributed by atoms with van der Waals surface area (Å²) < 4.78 is 11.2. The third-order valence-corrected chi connectivity index (χ3v) is 4.76. The Balaban J connectivity index is 1.46. The van der Waals surface area contributed by atoms with Crippen LogP contribution >= 0.6 is 12.2 Å². The molecule has 134 valence electrons. The van der Waals surface area contributed by atoms with Crippen molar-refractivity contribution in [2.75, 3.05) is 13.2 Å². The number of carbonyl (C=O) groups is 1. The van der Waals surface area contributed by atoms with Gasteiger partial charge in [-0.25, -0.2) is 5.10 Å². The smallest absolute Gasteiger partial charge is 0.284 e. The van der Waals surface area contributed by atoms with Crippen LogP contribution in [0.25, 0.3) is 11.5 Å². The number of ether oxygens (including phenoxy) is 1. The van der Waals surface area contributed by atoms with E-state index in [2.05, 4.69) is 22.4 Å². The molecule has 1 aliphatic carbocycles. The van der Waals surface area contributed by atoms with Crippen LogP contribution in [-0.2, 0) is 4.74 Å². The van der Waals surface area contributed by atoms with Crippen molar-refractivity contribution in [3.8, 4) is 11.5 Å². The van der Waals surface area contributed by atoms with Crippen molar-refractivity contribution in [1.82, 2.24) is 15.5 Å². The normalized spacial score (nSPS) is 20.4. The zero-order valence-corrected chi connectivity index (χ0v) is 15.1. The number of aromatic nitrogens is 2. The first-order chi connectivity index (χ1) is 12.1. The fourth-order valence-electron chi connectivity index (χ4n) is 3.12. The molecule has 2 atom stereocenters. The number of hydrogen-bond donors (Lipinski definition) is 2. The first-order valence-electron chi connectivity index (χ1n) is 8.69. The van der Waals surface area contributed by atoms with Crippen molar-refractivity contribution in [2.24, 2.45) is 5.92 Å². The molecule has 1 aliphatic rings. The highest BCUT2D eigenvalue weighted by atomic mass is 32.1. The van der Waals surface area contributed by atoms with Crippen LogP contribution in [0.15, 0.2) is 28.7 Å². The molecular weight excluding hydrogens is 338 g/mol. The van der Waals surface area contributed by atoms with Gasteiger partial charge in [-0.3, -0.25) is 4.79 Å². The molecule has 1 aromatic carbocycles. The van der Waals surface area contributed by atoms with Crippen molar-refractivity contribution in [1.29, 1.82) is 0 Å². The van der Waals surface area contributed by atoms with Crippen molar-refractivity contribution in [3.63, 3.8) is 0 Å². The highest BCUT2D eigenvalue weighted by molar-refractivity contribution is 7.71. The van der Waals surface area contributed by atoms with Gasteiger partial charge in [0.25, 0.3) is 10.7 Å². The summed E-state index contributed by atoms with van der Waals surface area (Å²) in [5.41, 5.74) is 1.35. The van der Waals surface area contributed by atoms with E-state index in [1.807, 2.05) is 0 Å². The fourth-order valence-corrected chi connectivity index (χ4v) is 3.25. The summed E-state index contributed by atoms with van der Waals surface area (Å²) in [5.74, 6) is 0.904. The van der Waals surface area contributed by atoms with Crippen LogP contribution in [-0.4, -0.2) is 35.4 Å². The number of aromatic amines is 1. The lowest BCUT2D eigenvalue weighted by molar-refractivity contribution is -0.00293. The van der Waals surface area contributed by atoms with Gasteiger partial charge in [-0.2, -0.15) is 0 Å². The molecule has 2 N–H and O–H groups in total. The van der Waals surface area contributed by atoms with E-state index >= 15 is 0 Å². The molecule has 0 saturated heterocycles. The molecule has 0 aliphatic heterocycles. The third kappa shape index (κ3) is 4.76. The number of hydrogen-bond acceptors (Lipinski definition) is 5. The van der Waals surface area contributed by atoms with Crippen LogP contribution < -0.4 is 5.32 Å². The molecule has 1 saturated carbocycles. The van der Waals surface area contributed by atoms with Gasteiger partial charge in [-0.1, -0.05) is 19.8 Å². The number of nitrogens with zero attached hydrogens (tertiary/aromatic N) is 1. The predicted molar refractivity (Wildman–Crippen MR) is 96.8 cm³/mol. The third-order valence-electron chi connectivity index (χ3n) is 4.58. The SMILES string of the molecule is C[C@H]1CCCC[C@@H]1OCCNC(=O)c1ccc(-c2n[nH]c(=S)o2)cc1. The first-order valence-corrected chi connectivity index (χ1v) is 9.10. The van der Waals surface area contributed by atoms with Crippen LogP contribution in [0, 0.1) is 10.8 Å². The minimum atomic E-state index is -0.116. The number of carbonyl (C=O) groups excluding carboxylic acids is 1. The minimum Gasteiger partial charge on any atom is -0.409 e. The van der Waals surface area contributed by atoms with Gasteiger partial charge in [0.05, 0.1) is 12.7 Å². The van der Waals surface area contributed by atoms with E-state index in [9.17, 15) is 4.79 Å². The Morgan fingerprint density at radius 2 is 2.12 bits per heavy atom. The van der Waals surface area contributed by atoms with E-state index in [0.29, 0.717) is 36.6 Å². The van der Waals surface area contributed by atoms with Crippen LogP contribution in [0.3, 0.4) is 0 Å². The Kier molecular flexibility index (Phi) is 5.99. The van der Waals surface area contributed by atoms with Gasteiger partial charge in [-0.15, -0.1) is 5.10 Å². The lowest BCUT2D eigenvalue weighted by atomic mass is 9.88. The zero-order chi connectivity index (χ0) is 17.6. The van der Waals surface area contributed by atoms with Gasteiger partial charge in [-0.05, 0) is 55.2 Å². The lowest BCUT2D eigenvalue weighted by Gasteiger charge is -2.28. The Labute approximate surface area is 152 Å². The Bertz CT molecular complexity index is 753. The Morgan fingerprint density at radius 1 is 1.36 bits per heavy atom. The van der Waals surface area contributed by atoms with Gasteiger partial charge in [0.15, 0.2) is 0 Å². The van der Waals surface area contributed by atoms with Crippen molar-refractivity contribution < 1.29 is 13.9 Å². The zero-order valence-electron chi connectivity index (χ0n) is 14.3. The van der Waals surface area contributed by atoms with Crippen molar-refractivity contribution in [3.05, 3.63) is 34.7 Å². The van der Waals surface area contributed by atoms with E-state index in [0.717, 1.165) is 12.0 Å². The molecule has 6 nitrogen and oxygen atoms in total. The number of nitrogens with one attached hydrogen (secondary N) is 2. The summed E-state index contributed by atoms with van der Waals surface area (Å²) in [6, 6.07) is 7.04. The molecule has 0 unspecified atom stereocenters. The van der Waals surface area contributed by atoms with E-state index in [1.54, 1.807) is 24.3 Å². The van der Waals surface area contributed by atoms with Gasteiger partial charge in [0.1, 0.15) is 0 Å². The monoisotopic (exact) mass is 361 g/mol. The maximum absolute atomic E-state index is 12.2.